The molecule has 1 aliphatic heterocycles. The summed E-state index contributed by atoms with van der Waals surface area (Å²) >= 11 is 0. The molecule has 5 nitrogen and oxygen atoms in total. The Morgan fingerprint density at radius 1 is 1.05 bits per heavy atom. The van der Waals surface area contributed by atoms with E-state index in [1.54, 1.807) is 26.4 Å². The summed E-state index contributed by atoms with van der Waals surface area (Å²) in [5, 5.41) is 21.8. The molecule has 0 unspecified atom stereocenters. The van der Waals surface area contributed by atoms with E-state index in [1.807, 2.05) is 18.2 Å². The Morgan fingerprint density at radius 2 is 1.82 bits per heavy atom. The molecule has 0 bridgehead atoms. The summed E-state index contributed by atoms with van der Waals surface area (Å²) in [6, 6.07) is 9.09. The molecule has 0 aliphatic carbocycles. The van der Waals surface area contributed by atoms with E-state index < -0.39 is 0 Å². The summed E-state index contributed by atoms with van der Waals surface area (Å²) in [4.78, 5) is 0. The van der Waals surface area contributed by atoms with E-state index in [0.29, 0.717) is 11.5 Å². The molecule has 0 amide bonds. The van der Waals surface area contributed by atoms with Crippen molar-refractivity contribution in [2.45, 2.75) is 12.5 Å². The first-order chi connectivity index (χ1) is 10.7. The number of rotatable bonds is 3. The van der Waals surface area contributed by atoms with Crippen molar-refractivity contribution in [2.75, 3.05) is 20.8 Å². The summed E-state index contributed by atoms with van der Waals surface area (Å²) in [6.45, 7) is 0.905. The van der Waals surface area contributed by atoms with Gasteiger partial charge in [-0.3, -0.25) is 0 Å². The molecule has 22 heavy (non-hydrogen) atoms. The summed E-state index contributed by atoms with van der Waals surface area (Å²) in [6.07, 6.45) is 0.853. The molecule has 3 rings (SSSR count). The molecular formula is C17H20NO4+. The van der Waals surface area contributed by atoms with Crippen molar-refractivity contribution in [2.24, 2.45) is 0 Å². The highest BCUT2D eigenvalue weighted by molar-refractivity contribution is 5.54. The second kappa shape index (κ2) is 5.77. The molecular weight excluding hydrogens is 282 g/mol. The van der Waals surface area contributed by atoms with Crippen molar-refractivity contribution in [3.05, 3.63) is 47.0 Å². The molecule has 1 aliphatic rings. The molecule has 0 saturated carbocycles. The van der Waals surface area contributed by atoms with Crippen LogP contribution in [0.5, 0.6) is 23.0 Å². The Labute approximate surface area is 129 Å². The number of methoxy groups -OCH3 is 2. The van der Waals surface area contributed by atoms with E-state index in [-0.39, 0.29) is 17.5 Å². The van der Waals surface area contributed by atoms with Crippen molar-refractivity contribution in [1.29, 1.82) is 0 Å². The number of quaternary nitrogens is 1. The maximum absolute atomic E-state index is 9.85. The Morgan fingerprint density at radius 3 is 2.55 bits per heavy atom. The fourth-order valence-electron chi connectivity index (χ4n) is 3.13. The summed E-state index contributed by atoms with van der Waals surface area (Å²) in [5.41, 5.74) is 3.04. The Kier molecular flexibility index (Phi) is 3.81. The molecule has 0 radical (unpaired) electrons. The van der Waals surface area contributed by atoms with Gasteiger partial charge in [-0.05, 0) is 29.8 Å². The average Bonchev–Trinajstić information content (AvgIpc) is 2.54. The Bertz CT molecular complexity index is 699. The topological polar surface area (TPSA) is 75.5 Å². The van der Waals surface area contributed by atoms with Crippen molar-refractivity contribution >= 4 is 0 Å². The average molecular weight is 302 g/mol. The molecule has 1 atom stereocenters. The standard InChI is InChI=1S/C17H19NO4/c1-21-15-5-3-4-11(17(15)22-2)16-12-9-14(20)13(19)8-10(12)6-7-18-16/h3-5,8-9,16,18-20H,6-7H2,1-2H3/p+1/t16-/m1/s1. The van der Waals surface area contributed by atoms with E-state index in [0.717, 1.165) is 29.7 Å². The van der Waals surface area contributed by atoms with Crippen LogP contribution < -0.4 is 14.8 Å². The number of para-hydroxylation sites is 1. The van der Waals surface area contributed by atoms with Gasteiger partial charge in [0.15, 0.2) is 23.0 Å². The lowest BCUT2D eigenvalue weighted by Crippen LogP contribution is -2.87. The van der Waals surface area contributed by atoms with Crippen LogP contribution in [0.25, 0.3) is 0 Å². The van der Waals surface area contributed by atoms with Crippen LogP contribution in [0.4, 0.5) is 0 Å². The third-order valence-corrected chi connectivity index (χ3v) is 4.16. The number of fused-ring (bicyclic) bond motifs is 1. The van der Waals surface area contributed by atoms with E-state index in [1.165, 1.54) is 0 Å². The molecule has 0 fully saturated rings. The van der Waals surface area contributed by atoms with Crippen molar-refractivity contribution < 1.29 is 25.0 Å². The molecule has 4 N–H and O–H groups in total. The predicted molar refractivity (Wildman–Crippen MR) is 81.7 cm³/mol. The lowest BCUT2D eigenvalue weighted by atomic mass is 9.89. The van der Waals surface area contributed by atoms with Crippen LogP contribution in [-0.4, -0.2) is 31.0 Å². The van der Waals surface area contributed by atoms with Gasteiger partial charge in [0.25, 0.3) is 0 Å². The fourth-order valence-corrected chi connectivity index (χ4v) is 3.13. The first-order valence-electron chi connectivity index (χ1n) is 7.24. The van der Waals surface area contributed by atoms with Crippen LogP contribution in [0.3, 0.4) is 0 Å². The molecule has 1 heterocycles. The van der Waals surface area contributed by atoms with Gasteiger partial charge in [-0.2, -0.15) is 0 Å². The number of hydrogen-bond donors (Lipinski definition) is 3. The second-order valence-corrected chi connectivity index (χ2v) is 5.37. The van der Waals surface area contributed by atoms with Gasteiger partial charge in [-0.1, -0.05) is 6.07 Å². The summed E-state index contributed by atoms with van der Waals surface area (Å²) in [5.74, 6) is 1.22. The van der Waals surface area contributed by atoms with Crippen LogP contribution in [0.1, 0.15) is 22.7 Å². The largest absolute Gasteiger partial charge is 0.504 e. The second-order valence-electron chi connectivity index (χ2n) is 5.37. The molecule has 116 valence electrons. The van der Waals surface area contributed by atoms with Crippen LogP contribution >= 0.6 is 0 Å². The van der Waals surface area contributed by atoms with Crippen LogP contribution in [0.15, 0.2) is 30.3 Å². The van der Waals surface area contributed by atoms with E-state index in [2.05, 4.69) is 5.32 Å². The number of phenolic OH excluding ortho intramolecular Hbond substituents is 2. The number of nitrogens with two attached hydrogens (primary N) is 1. The number of hydrogen-bond acceptors (Lipinski definition) is 4. The first-order valence-corrected chi connectivity index (χ1v) is 7.24. The maximum atomic E-state index is 9.85. The Balaban J connectivity index is 2.14. The maximum Gasteiger partial charge on any atom is 0.170 e. The normalized spacial score (nSPS) is 16.9. The van der Waals surface area contributed by atoms with Crippen molar-refractivity contribution in [1.82, 2.24) is 0 Å². The van der Waals surface area contributed by atoms with Gasteiger partial charge in [0.2, 0.25) is 0 Å². The van der Waals surface area contributed by atoms with Gasteiger partial charge >= 0.3 is 0 Å². The van der Waals surface area contributed by atoms with Crippen molar-refractivity contribution in [3.63, 3.8) is 0 Å². The zero-order valence-electron chi connectivity index (χ0n) is 12.7. The minimum Gasteiger partial charge on any atom is -0.504 e. The zero-order valence-corrected chi connectivity index (χ0v) is 12.7. The van der Waals surface area contributed by atoms with Gasteiger partial charge < -0.3 is 25.0 Å². The Hall–Kier alpha value is -2.40. The summed E-state index contributed by atoms with van der Waals surface area (Å²) < 4.78 is 10.9. The molecule has 2 aromatic rings. The van der Waals surface area contributed by atoms with Gasteiger partial charge in [0.1, 0.15) is 6.04 Å². The lowest BCUT2D eigenvalue weighted by molar-refractivity contribution is -0.690. The first kappa shape index (κ1) is 14.5. The van der Waals surface area contributed by atoms with Gasteiger partial charge in [-0.25, -0.2) is 0 Å². The highest BCUT2D eigenvalue weighted by Gasteiger charge is 2.30. The molecule has 2 aromatic carbocycles. The molecule has 0 spiro atoms. The van der Waals surface area contributed by atoms with Gasteiger partial charge in [-0.15, -0.1) is 0 Å². The number of aromatic hydroxyl groups is 2. The van der Waals surface area contributed by atoms with Crippen LogP contribution in [0.2, 0.25) is 0 Å². The van der Waals surface area contributed by atoms with E-state index in [9.17, 15) is 10.2 Å². The predicted octanol–water partition coefficient (Wildman–Crippen LogP) is 1.32. The molecule has 0 aromatic heterocycles. The molecule has 5 heteroatoms. The van der Waals surface area contributed by atoms with Gasteiger partial charge in [0.05, 0.1) is 26.3 Å². The van der Waals surface area contributed by atoms with Crippen LogP contribution in [0, 0.1) is 0 Å². The number of ether oxygens (including phenoxy) is 2. The smallest absolute Gasteiger partial charge is 0.170 e. The zero-order chi connectivity index (χ0) is 15.7. The van der Waals surface area contributed by atoms with Gasteiger partial charge in [0, 0.05) is 12.0 Å². The minimum absolute atomic E-state index is 0.000278. The van der Waals surface area contributed by atoms with E-state index in [4.69, 9.17) is 9.47 Å². The summed E-state index contributed by atoms with van der Waals surface area (Å²) in [7, 11) is 3.24. The fraction of sp³-hybridized carbons (Fsp3) is 0.294. The minimum atomic E-state index is -0.0964. The number of benzene rings is 2. The highest BCUT2D eigenvalue weighted by atomic mass is 16.5. The quantitative estimate of drug-likeness (QED) is 0.748. The van der Waals surface area contributed by atoms with Crippen molar-refractivity contribution in [3.8, 4) is 23.0 Å². The van der Waals surface area contributed by atoms with E-state index >= 15 is 0 Å². The monoisotopic (exact) mass is 302 g/mol. The SMILES string of the molecule is COc1cccc([C@H]2[NH2+]CCc3cc(O)c(O)cc32)c1OC. The molecule has 0 saturated heterocycles. The number of phenols is 2. The lowest BCUT2D eigenvalue weighted by Gasteiger charge is -2.26. The highest BCUT2D eigenvalue weighted by Crippen LogP contribution is 2.39. The third kappa shape index (κ3) is 2.33. The third-order valence-electron chi connectivity index (χ3n) is 4.16. The van der Waals surface area contributed by atoms with Crippen LogP contribution in [-0.2, 0) is 6.42 Å².